The van der Waals surface area contributed by atoms with Crippen LogP contribution in [0.15, 0.2) is 30.3 Å². The molecule has 0 spiro atoms. The number of carbonyl (C=O) groups excluding carboxylic acids is 7. The number of aliphatic hydroxyl groups is 1. The highest BCUT2D eigenvalue weighted by molar-refractivity contribution is 5.97. The van der Waals surface area contributed by atoms with Crippen molar-refractivity contribution in [1.29, 1.82) is 0 Å². The Hall–Kier alpha value is -4.69. The Morgan fingerprint density at radius 1 is 0.611 bits per heavy atom. The molecule has 0 radical (unpaired) electrons. The van der Waals surface area contributed by atoms with Crippen molar-refractivity contribution in [3.63, 3.8) is 0 Å². The molecule has 1 unspecified atom stereocenters. The molecule has 19 heteroatoms. The van der Waals surface area contributed by atoms with Crippen molar-refractivity contribution in [1.82, 2.24) is 37.2 Å². The molecule has 1 fully saturated rings. The largest absolute Gasteiger partial charge is 0.391 e. The van der Waals surface area contributed by atoms with Gasteiger partial charge in [0.05, 0.1) is 25.7 Å². The second-order valence-electron chi connectivity index (χ2n) is 14.1. The van der Waals surface area contributed by atoms with E-state index in [9.17, 15) is 38.7 Å². The maximum Gasteiger partial charge on any atom is 0.278 e. The molecule has 0 aliphatic carbocycles. The van der Waals surface area contributed by atoms with Gasteiger partial charge in [0, 0.05) is 38.6 Å². The number of hydrogen-bond donors (Lipinski definition) is 12. The zero-order chi connectivity index (χ0) is 40.4. The second-order valence-corrected chi connectivity index (χ2v) is 14.1. The molecule has 19 nitrogen and oxygen atoms in total. The van der Waals surface area contributed by atoms with Gasteiger partial charge in [0.15, 0.2) is 6.04 Å². The number of amides is 7. The van der Waals surface area contributed by atoms with E-state index < -0.39 is 89.7 Å². The summed E-state index contributed by atoms with van der Waals surface area (Å²) in [5, 5.41) is 29.0. The summed E-state index contributed by atoms with van der Waals surface area (Å²) >= 11 is 0. The van der Waals surface area contributed by atoms with Crippen molar-refractivity contribution in [3.05, 3.63) is 35.9 Å². The van der Waals surface area contributed by atoms with Crippen molar-refractivity contribution < 1.29 is 61.6 Å². The van der Waals surface area contributed by atoms with Gasteiger partial charge in [-0.05, 0) is 24.8 Å². The van der Waals surface area contributed by atoms with Crippen LogP contribution in [0.3, 0.4) is 0 Å². The number of aliphatic hydroxyl groups excluding tert-OH is 1. The zero-order valence-electron chi connectivity index (χ0n) is 31.8. The van der Waals surface area contributed by atoms with E-state index in [4.69, 9.17) is 0 Å². The summed E-state index contributed by atoms with van der Waals surface area (Å²) in [6.45, 7) is 5.70. The van der Waals surface area contributed by atoms with Crippen LogP contribution in [0.4, 0.5) is 0 Å². The molecule has 1 aromatic rings. The lowest BCUT2D eigenvalue weighted by molar-refractivity contribution is -0.404. The fraction of sp³-hybridized carbons (Fsp3) is 0.629. The van der Waals surface area contributed by atoms with Crippen LogP contribution in [0.5, 0.6) is 0 Å². The minimum atomic E-state index is -1.41. The summed E-state index contributed by atoms with van der Waals surface area (Å²) in [5.41, 5.74) is 16.0. The van der Waals surface area contributed by atoms with E-state index in [0.29, 0.717) is 0 Å². The lowest BCUT2D eigenvalue weighted by atomic mass is 10.00. The first-order valence-electron chi connectivity index (χ1n) is 18.6. The third-order valence-corrected chi connectivity index (χ3v) is 8.86. The van der Waals surface area contributed by atoms with Gasteiger partial charge in [-0.25, -0.2) is 0 Å². The molecule has 54 heavy (non-hydrogen) atoms. The number of nitrogens with one attached hydrogen (secondary N) is 7. The number of hydrogen-bond acceptors (Lipinski definition) is 8. The van der Waals surface area contributed by atoms with Crippen LogP contribution in [-0.4, -0.2) is 121 Å². The van der Waals surface area contributed by atoms with Crippen molar-refractivity contribution >= 4 is 41.4 Å². The van der Waals surface area contributed by atoms with E-state index in [0.717, 1.165) is 5.56 Å². The summed E-state index contributed by atoms with van der Waals surface area (Å²) in [7, 11) is 0. The van der Waals surface area contributed by atoms with Gasteiger partial charge >= 0.3 is 0 Å². The maximum absolute atomic E-state index is 14.0. The minimum absolute atomic E-state index is 0.0436. The molecule has 7 amide bonds. The first-order valence-corrected chi connectivity index (χ1v) is 18.6. The Bertz CT molecular complexity index is 1410. The van der Waals surface area contributed by atoms with Gasteiger partial charge in [0.2, 0.25) is 35.4 Å². The van der Waals surface area contributed by atoms with Gasteiger partial charge < -0.3 is 65.3 Å². The second kappa shape index (κ2) is 23.2. The third-order valence-electron chi connectivity index (χ3n) is 8.86. The Kier molecular flexibility index (Phi) is 19.5. The fourth-order valence-corrected chi connectivity index (χ4v) is 5.83. The molecule has 1 heterocycles. The zero-order valence-corrected chi connectivity index (χ0v) is 31.8. The van der Waals surface area contributed by atoms with E-state index in [-0.39, 0.29) is 70.6 Å². The number of rotatable bonds is 11. The summed E-state index contributed by atoms with van der Waals surface area (Å²) in [6.07, 6.45) is -0.740. The lowest BCUT2D eigenvalue weighted by Crippen LogP contribution is -2.70. The average Bonchev–Trinajstić information content (AvgIpc) is 3.11. The molecular formula is C35H63N11O8+4. The molecule has 1 aliphatic heterocycles. The van der Waals surface area contributed by atoms with Crippen LogP contribution < -0.4 is 60.2 Å². The van der Waals surface area contributed by atoms with Gasteiger partial charge in [0.1, 0.15) is 36.3 Å². The van der Waals surface area contributed by atoms with Gasteiger partial charge in [-0.1, -0.05) is 44.2 Å². The van der Waals surface area contributed by atoms with Crippen LogP contribution in [0.2, 0.25) is 0 Å². The number of carbonyl (C=O) groups is 7. The van der Waals surface area contributed by atoms with Crippen molar-refractivity contribution in [3.8, 4) is 0 Å². The molecule has 1 saturated heterocycles. The van der Waals surface area contributed by atoms with Gasteiger partial charge in [-0.2, -0.15) is 0 Å². The molecule has 302 valence electrons. The summed E-state index contributed by atoms with van der Waals surface area (Å²) in [4.78, 5) is 94.8. The quantitative estimate of drug-likeness (QED) is 0.102. The van der Waals surface area contributed by atoms with Gasteiger partial charge in [-0.15, -0.1) is 0 Å². The van der Waals surface area contributed by atoms with Crippen LogP contribution >= 0.6 is 0 Å². The monoisotopic (exact) mass is 765 g/mol. The van der Waals surface area contributed by atoms with Gasteiger partial charge in [0.25, 0.3) is 5.91 Å². The van der Waals surface area contributed by atoms with Crippen LogP contribution in [0.25, 0.3) is 0 Å². The Balaban J connectivity index is 2.57. The molecular weight excluding hydrogens is 702 g/mol. The van der Waals surface area contributed by atoms with E-state index in [1.165, 1.54) is 6.92 Å². The number of quaternary nitrogens is 4. The predicted octanol–water partition coefficient (Wildman–Crippen LogP) is -7.41. The van der Waals surface area contributed by atoms with Gasteiger partial charge in [-0.3, -0.25) is 33.6 Å². The summed E-state index contributed by atoms with van der Waals surface area (Å²) in [6, 6.07) is 0.919. The van der Waals surface area contributed by atoms with E-state index >= 15 is 0 Å². The van der Waals surface area contributed by atoms with Crippen molar-refractivity contribution in [2.45, 2.75) is 108 Å². The summed E-state index contributed by atoms with van der Waals surface area (Å²) < 4.78 is 0. The third kappa shape index (κ3) is 15.0. The van der Waals surface area contributed by atoms with Crippen molar-refractivity contribution in [2.75, 3.05) is 26.2 Å². The standard InChI is InChI=1S/C35H59N11O8/c1-19(2)17-26-33(52)43-24(10-14-37)30(49)42-25(11-15-38)32(51)46-28(20(3)47)35(54)40-16-12-22(39)29(48)41-23(9-13-36)31(50)45-27(34(53)44-26)18-21-7-5-4-6-8-21/h4-8,19-20,22-28,47H,9-18,36-39H2,1-3H3,(H,40,54)(H,41,48)(H,42,49)(H,43,52)(H,44,53)(H,45,50)(H,46,51)/p+4/t20?,22-,23-,24-,25-,26-,27+,28-/m0/s1. The van der Waals surface area contributed by atoms with Crippen molar-refractivity contribution in [2.24, 2.45) is 5.92 Å². The fourth-order valence-electron chi connectivity index (χ4n) is 5.83. The van der Waals surface area contributed by atoms with Crippen LogP contribution in [-0.2, 0) is 40.0 Å². The highest BCUT2D eigenvalue weighted by Crippen LogP contribution is 2.10. The first-order chi connectivity index (χ1) is 25.6. The molecule has 0 saturated carbocycles. The SMILES string of the molecule is CC(C)C[C@@H]1NC(=O)[C@@H](Cc2ccccc2)NC(=O)[C@H](CC[NH3+])NC(=O)[C@@H]([NH3+])CCNC(=O)[C@H](C(C)O)NC(=O)[C@H](CC[NH3+])NC(=O)[C@H](CC[NH3+])NC1=O. The average molecular weight is 766 g/mol. The normalized spacial score (nSPS) is 26.7. The smallest absolute Gasteiger partial charge is 0.278 e. The van der Waals surface area contributed by atoms with Crippen LogP contribution in [0, 0.1) is 5.92 Å². The lowest BCUT2D eigenvalue weighted by Gasteiger charge is -2.28. The van der Waals surface area contributed by atoms with Crippen LogP contribution in [0.1, 0.15) is 58.4 Å². The Morgan fingerprint density at radius 3 is 1.52 bits per heavy atom. The Morgan fingerprint density at radius 2 is 1.04 bits per heavy atom. The molecule has 2 rings (SSSR count). The summed E-state index contributed by atoms with van der Waals surface area (Å²) in [5.74, 6) is -4.83. The molecule has 1 aliphatic rings. The maximum atomic E-state index is 14.0. The molecule has 20 N–H and O–H groups in total. The molecule has 8 atom stereocenters. The molecule has 0 aromatic heterocycles. The first kappa shape index (κ1) is 45.5. The highest BCUT2D eigenvalue weighted by atomic mass is 16.3. The predicted molar refractivity (Wildman–Crippen MR) is 194 cm³/mol. The van der Waals surface area contributed by atoms with E-state index in [1.54, 1.807) is 24.3 Å². The number of benzene rings is 1. The highest BCUT2D eigenvalue weighted by Gasteiger charge is 2.35. The topological polar surface area (TPSA) is 334 Å². The van der Waals surface area contributed by atoms with E-state index in [2.05, 4.69) is 60.2 Å². The molecule has 0 bridgehead atoms. The Labute approximate surface area is 315 Å². The molecule has 1 aromatic carbocycles. The minimum Gasteiger partial charge on any atom is -0.391 e. The van der Waals surface area contributed by atoms with E-state index in [1.807, 2.05) is 19.9 Å².